The molecule has 4 heteroatoms. The largest absolute Gasteiger partial charge is 0.318 e. The molecule has 0 aliphatic heterocycles. The number of pyridine rings is 2. The fraction of sp³-hybridized carbons (Fsp3) is 0.280. The third kappa shape index (κ3) is 6.46. The van der Waals surface area contributed by atoms with Crippen molar-refractivity contribution in [3.8, 4) is 0 Å². The summed E-state index contributed by atoms with van der Waals surface area (Å²) in [5, 5.41) is 2.88. The van der Waals surface area contributed by atoms with Gasteiger partial charge in [0.2, 0.25) is 0 Å². The zero-order chi connectivity index (χ0) is 21.1. The molecule has 0 saturated heterocycles. The van der Waals surface area contributed by atoms with Crippen molar-refractivity contribution in [2.45, 2.75) is 35.1 Å². The summed E-state index contributed by atoms with van der Waals surface area (Å²) in [5.41, 5.74) is 1.08. The fourth-order valence-corrected chi connectivity index (χ4v) is 2.61. The fourth-order valence-electron chi connectivity index (χ4n) is 2.61. The van der Waals surface area contributed by atoms with E-state index in [0.717, 1.165) is 21.7 Å². The smallest absolute Gasteiger partial charge is 0.258 e. The Bertz CT molecular complexity index is 1120. The molecule has 29 heavy (non-hydrogen) atoms. The number of nitrogens with zero attached hydrogens (tertiary/aromatic N) is 2. The van der Waals surface area contributed by atoms with Crippen LogP contribution in [0.15, 0.2) is 82.5 Å². The Labute approximate surface area is 174 Å². The molecule has 0 aliphatic carbocycles. The van der Waals surface area contributed by atoms with Gasteiger partial charge in [0, 0.05) is 31.7 Å². The summed E-state index contributed by atoms with van der Waals surface area (Å²) in [6.45, 7) is 8.00. The van der Waals surface area contributed by atoms with Gasteiger partial charge < -0.3 is 9.13 Å². The minimum atomic E-state index is 0. The molecule has 2 aromatic carbocycles. The second kappa shape index (κ2) is 13.1. The SMILES string of the molecule is C.CC.CC.Cn1c(=O)ccc2ccccc21.Cn1ccc2ccccc2c1=O. The van der Waals surface area contributed by atoms with E-state index in [1.165, 1.54) is 0 Å². The highest BCUT2D eigenvalue weighted by Crippen LogP contribution is 2.09. The van der Waals surface area contributed by atoms with Crippen LogP contribution in [0.4, 0.5) is 0 Å². The molecule has 4 aromatic rings. The van der Waals surface area contributed by atoms with Gasteiger partial charge in [-0.2, -0.15) is 0 Å². The number of aryl methyl sites for hydroxylation is 2. The van der Waals surface area contributed by atoms with E-state index in [4.69, 9.17) is 0 Å². The lowest BCUT2D eigenvalue weighted by atomic mass is 10.2. The number of fused-ring (bicyclic) bond motifs is 2. The van der Waals surface area contributed by atoms with Gasteiger partial charge in [0.1, 0.15) is 0 Å². The summed E-state index contributed by atoms with van der Waals surface area (Å²) in [6, 6.07) is 20.8. The number of aromatic nitrogens is 2. The highest BCUT2D eigenvalue weighted by Gasteiger charge is 1.97. The highest BCUT2D eigenvalue weighted by molar-refractivity contribution is 5.81. The van der Waals surface area contributed by atoms with Crippen molar-refractivity contribution >= 4 is 21.7 Å². The average molecular weight is 395 g/mol. The molecule has 0 aliphatic rings. The van der Waals surface area contributed by atoms with Crippen LogP contribution in [0.5, 0.6) is 0 Å². The van der Waals surface area contributed by atoms with Crippen molar-refractivity contribution in [2.24, 2.45) is 14.1 Å². The lowest BCUT2D eigenvalue weighted by molar-refractivity contribution is 0.873. The second-order valence-electron chi connectivity index (χ2n) is 5.61. The molecule has 0 fully saturated rings. The van der Waals surface area contributed by atoms with E-state index in [2.05, 4.69) is 0 Å². The zero-order valence-corrected chi connectivity index (χ0v) is 17.6. The molecule has 0 radical (unpaired) electrons. The van der Waals surface area contributed by atoms with Crippen LogP contribution in [-0.4, -0.2) is 9.13 Å². The Balaban J connectivity index is 0.000000449. The van der Waals surface area contributed by atoms with Crippen molar-refractivity contribution in [1.82, 2.24) is 9.13 Å². The summed E-state index contributed by atoms with van der Waals surface area (Å²) in [7, 11) is 3.54. The molecule has 0 N–H and O–H groups in total. The number of hydrogen-bond acceptors (Lipinski definition) is 2. The maximum absolute atomic E-state index is 11.5. The molecular formula is C25H34N2O2. The standard InChI is InChI=1S/2C10H9NO.2C2H6.CH4/c1-11-7-6-8-4-2-3-5-9(8)10(11)12;1-11-9-5-3-2-4-8(9)6-7-10(11)12;2*1-2;/h2*2-7H,1H3;2*1-2H3;1H4. The van der Waals surface area contributed by atoms with E-state index in [9.17, 15) is 9.59 Å². The molecule has 0 atom stereocenters. The number of hydrogen-bond donors (Lipinski definition) is 0. The Kier molecular flexibility index (Phi) is 11.7. The minimum Gasteiger partial charge on any atom is -0.318 e. The van der Waals surface area contributed by atoms with Crippen LogP contribution in [0.25, 0.3) is 21.7 Å². The highest BCUT2D eigenvalue weighted by atomic mass is 16.1. The van der Waals surface area contributed by atoms with Crippen LogP contribution in [0.2, 0.25) is 0 Å². The molecule has 0 amide bonds. The van der Waals surface area contributed by atoms with E-state index in [-0.39, 0.29) is 18.5 Å². The molecule has 4 nitrogen and oxygen atoms in total. The first-order valence-corrected chi connectivity index (χ1v) is 9.67. The van der Waals surface area contributed by atoms with Gasteiger partial charge in [0.25, 0.3) is 11.1 Å². The molecule has 0 bridgehead atoms. The number of benzene rings is 2. The first kappa shape index (κ1) is 25.9. The summed E-state index contributed by atoms with van der Waals surface area (Å²) in [5.74, 6) is 0. The van der Waals surface area contributed by atoms with E-state index >= 15 is 0 Å². The van der Waals surface area contributed by atoms with Crippen molar-refractivity contribution in [2.75, 3.05) is 0 Å². The molecule has 0 saturated carbocycles. The number of para-hydroxylation sites is 1. The summed E-state index contributed by atoms with van der Waals surface area (Å²) < 4.78 is 3.23. The second-order valence-corrected chi connectivity index (χ2v) is 5.61. The Morgan fingerprint density at radius 2 is 1.21 bits per heavy atom. The van der Waals surface area contributed by atoms with Gasteiger partial charge in [0.15, 0.2) is 0 Å². The maximum atomic E-state index is 11.5. The van der Waals surface area contributed by atoms with Crippen molar-refractivity contribution < 1.29 is 0 Å². The summed E-state index contributed by atoms with van der Waals surface area (Å²) in [6.07, 6.45) is 1.78. The lowest BCUT2D eigenvalue weighted by Gasteiger charge is -2.01. The normalized spacial score (nSPS) is 9.03. The van der Waals surface area contributed by atoms with Crippen molar-refractivity contribution in [3.63, 3.8) is 0 Å². The molecule has 2 aromatic heterocycles. The van der Waals surface area contributed by atoms with Crippen LogP contribution in [0.1, 0.15) is 35.1 Å². The van der Waals surface area contributed by atoms with Gasteiger partial charge in [-0.3, -0.25) is 9.59 Å². The Morgan fingerprint density at radius 3 is 1.86 bits per heavy atom. The third-order valence-electron chi connectivity index (χ3n) is 4.02. The summed E-state index contributed by atoms with van der Waals surface area (Å²) >= 11 is 0. The van der Waals surface area contributed by atoms with Gasteiger partial charge in [0.05, 0.1) is 5.52 Å². The van der Waals surface area contributed by atoms with E-state index < -0.39 is 0 Å². The van der Waals surface area contributed by atoms with Crippen LogP contribution < -0.4 is 11.1 Å². The van der Waals surface area contributed by atoms with Crippen molar-refractivity contribution in [3.05, 3.63) is 93.6 Å². The molecule has 2 heterocycles. The summed E-state index contributed by atoms with van der Waals surface area (Å²) in [4.78, 5) is 22.7. The molecule has 156 valence electrons. The van der Waals surface area contributed by atoms with Gasteiger partial charge in [-0.25, -0.2) is 0 Å². The van der Waals surface area contributed by atoms with Crippen LogP contribution >= 0.6 is 0 Å². The third-order valence-corrected chi connectivity index (χ3v) is 4.02. The first-order chi connectivity index (χ1) is 13.6. The molecule has 0 spiro atoms. The maximum Gasteiger partial charge on any atom is 0.258 e. The lowest BCUT2D eigenvalue weighted by Crippen LogP contribution is -2.15. The molecular weight excluding hydrogens is 360 g/mol. The van der Waals surface area contributed by atoms with Gasteiger partial charge in [-0.1, -0.05) is 71.5 Å². The minimum absolute atomic E-state index is 0. The molecule has 0 unspecified atom stereocenters. The van der Waals surface area contributed by atoms with Gasteiger partial charge >= 0.3 is 0 Å². The van der Waals surface area contributed by atoms with Gasteiger partial charge in [-0.15, -0.1) is 0 Å². The van der Waals surface area contributed by atoms with Crippen LogP contribution in [-0.2, 0) is 14.1 Å². The quantitative estimate of drug-likeness (QED) is 0.380. The van der Waals surface area contributed by atoms with E-state index in [1.54, 1.807) is 35.5 Å². The van der Waals surface area contributed by atoms with Crippen molar-refractivity contribution in [1.29, 1.82) is 0 Å². The van der Waals surface area contributed by atoms with Gasteiger partial charge in [-0.05, 0) is 35.0 Å². The van der Waals surface area contributed by atoms with Crippen LogP contribution in [0.3, 0.4) is 0 Å². The van der Waals surface area contributed by atoms with Crippen LogP contribution in [0, 0.1) is 0 Å². The van der Waals surface area contributed by atoms with E-state index in [0.29, 0.717) is 0 Å². The average Bonchev–Trinajstić information content (AvgIpc) is 2.77. The Hall–Kier alpha value is -3.14. The predicted molar refractivity (Wildman–Crippen MR) is 128 cm³/mol. The monoisotopic (exact) mass is 394 g/mol. The Morgan fingerprint density at radius 1 is 0.655 bits per heavy atom. The molecule has 4 rings (SSSR count). The zero-order valence-electron chi connectivity index (χ0n) is 17.6. The topological polar surface area (TPSA) is 44.0 Å². The predicted octanol–water partition coefficient (Wildman–Crippen LogP) is 5.77. The van der Waals surface area contributed by atoms with E-state index in [1.807, 2.05) is 88.4 Å². The first-order valence-electron chi connectivity index (χ1n) is 9.67. The number of rotatable bonds is 0.